The second kappa shape index (κ2) is 9.51. The summed E-state index contributed by atoms with van der Waals surface area (Å²) in [5, 5.41) is 55.7. The molecule has 192 valence electrons. The molecular formula is C26H29NO9. The lowest BCUT2D eigenvalue weighted by molar-refractivity contribution is -0.139. The first-order valence-corrected chi connectivity index (χ1v) is 11.9. The summed E-state index contributed by atoms with van der Waals surface area (Å²) in [7, 11) is 0. The Morgan fingerprint density at radius 3 is 2.36 bits per heavy atom. The number of carbonyl (C=O) groups is 4. The topological polar surface area (TPSA) is 195 Å². The Kier molecular flexibility index (Phi) is 6.76. The van der Waals surface area contributed by atoms with Crippen LogP contribution >= 0.6 is 0 Å². The highest BCUT2D eigenvalue weighted by molar-refractivity contribution is 6.20. The zero-order chi connectivity index (χ0) is 26.4. The van der Waals surface area contributed by atoms with Crippen molar-refractivity contribution >= 4 is 23.3 Å². The molecule has 4 aliphatic carbocycles. The molecule has 1 fully saturated rings. The predicted molar refractivity (Wildman–Crippen MR) is 125 cm³/mol. The summed E-state index contributed by atoms with van der Waals surface area (Å²) in [5.74, 6) is -9.80. The van der Waals surface area contributed by atoms with Crippen LogP contribution in [0.4, 0.5) is 0 Å². The number of hydrogen-bond donors (Lipinski definition) is 6. The fraction of sp³-hybridized carbons (Fsp3) is 0.462. The maximum atomic E-state index is 13.1. The summed E-state index contributed by atoms with van der Waals surface area (Å²) in [6, 6.07) is 0. The number of amides is 1. The Bertz CT molecular complexity index is 1170. The Labute approximate surface area is 206 Å². The number of allylic oxidation sites excluding steroid dienone is 6. The van der Waals surface area contributed by atoms with Gasteiger partial charge in [0.25, 0.3) is 5.91 Å². The van der Waals surface area contributed by atoms with E-state index in [0.29, 0.717) is 0 Å². The normalized spacial score (nSPS) is 36.6. The van der Waals surface area contributed by atoms with Crippen LogP contribution in [-0.2, 0) is 19.2 Å². The monoisotopic (exact) mass is 499 g/mol. The van der Waals surface area contributed by atoms with Gasteiger partial charge in [0.05, 0.1) is 6.10 Å². The zero-order valence-electron chi connectivity index (χ0n) is 19.5. The van der Waals surface area contributed by atoms with E-state index in [1.54, 1.807) is 6.08 Å². The number of carbonyl (C=O) groups excluding carboxylic acids is 4. The van der Waals surface area contributed by atoms with E-state index in [1.165, 1.54) is 12.2 Å². The molecule has 0 saturated heterocycles. The van der Waals surface area contributed by atoms with Crippen LogP contribution in [0.5, 0.6) is 0 Å². The Balaban J connectivity index is 1.92. The molecule has 10 nitrogen and oxygen atoms in total. The highest BCUT2D eigenvalue weighted by Gasteiger charge is 2.61. The Morgan fingerprint density at radius 2 is 1.72 bits per heavy atom. The number of aliphatic hydroxyl groups is 5. The SMILES string of the molecule is NC(=O)C1=C(O)[C@@]2(O)C(O)=C3/C(O)=C/C(=O)/C=C\C=C\[C@H](CC(=O)C4CCCC4)[C@H]3[C@H](O)[C@H]2CC1=O. The van der Waals surface area contributed by atoms with Gasteiger partial charge >= 0.3 is 0 Å². The number of hydrogen-bond acceptors (Lipinski definition) is 9. The summed E-state index contributed by atoms with van der Waals surface area (Å²) < 4.78 is 0. The predicted octanol–water partition coefficient (Wildman–Crippen LogP) is 1.31. The minimum atomic E-state index is -2.84. The summed E-state index contributed by atoms with van der Waals surface area (Å²) in [4.78, 5) is 49.7. The van der Waals surface area contributed by atoms with Gasteiger partial charge in [-0.15, -0.1) is 0 Å². The summed E-state index contributed by atoms with van der Waals surface area (Å²) in [5.41, 5.74) is 0.965. The van der Waals surface area contributed by atoms with Gasteiger partial charge in [-0.25, -0.2) is 0 Å². The first kappa shape index (κ1) is 25.6. The number of primary amides is 1. The molecule has 5 atom stereocenters. The van der Waals surface area contributed by atoms with Gasteiger partial charge < -0.3 is 31.3 Å². The van der Waals surface area contributed by atoms with Crippen LogP contribution in [0, 0.1) is 23.7 Å². The van der Waals surface area contributed by atoms with E-state index in [2.05, 4.69) is 0 Å². The molecular weight excluding hydrogens is 470 g/mol. The van der Waals surface area contributed by atoms with Crippen LogP contribution in [0.2, 0.25) is 0 Å². The quantitative estimate of drug-likeness (QED) is 0.309. The van der Waals surface area contributed by atoms with E-state index in [9.17, 15) is 44.7 Å². The molecule has 0 aromatic heterocycles. The molecule has 1 amide bonds. The van der Waals surface area contributed by atoms with E-state index < -0.39 is 81.8 Å². The second-order valence-electron chi connectivity index (χ2n) is 9.86. The maximum absolute atomic E-state index is 13.1. The van der Waals surface area contributed by atoms with Crippen LogP contribution in [0.3, 0.4) is 0 Å². The average Bonchev–Trinajstić information content (AvgIpc) is 3.35. The molecule has 1 saturated carbocycles. The van der Waals surface area contributed by atoms with Crippen LogP contribution in [0.1, 0.15) is 38.5 Å². The molecule has 0 spiro atoms. The zero-order valence-corrected chi connectivity index (χ0v) is 19.5. The fourth-order valence-electron chi connectivity index (χ4n) is 5.98. The summed E-state index contributed by atoms with van der Waals surface area (Å²) in [6.07, 6.45) is 7.33. The largest absolute Gasteiger partial charge is 0.508 e. The second-order valence-corrected chi connectivity index (χ2v) is 9.86. The van der Waals surface area contributed by atoms with Gasteiger partial charge in [0.15, 0.2) is 17.2 Å². The van der Waals surface area contributed by atoms with Gasteiger partial charge in [-0.2, -0.15) is 0 Å². The first-order chi connectivity index (χ1) is 17.0. The summed E-state index contributed by atoms with van der Waals surface area (Å²) in [6.45, 7) is 0. The molecule has 0 aromatic rings. The molecule has 0 heterocycles. The number of ketones is 3. The van der Waals surface area contributed by atoms with E-state index in [4.69, 9.17) is 5.73 Å². The smallest absolute Gasteiger partial charge is 0.255 e. The third-order valence-electron chi connectivity index (χ3n) is 7.79. The van der Waals surface area contributed by atoms with Crippen molar-refractivity contribution in [3.05, 3.63) is 58.8 Å². The summed E-state index contributed by atoms with van der Waals surface area (Å²) >= 11 is 0. The van der Waals surface area contributed by atoms with Crippen LogP contribution in [0.15, 0.2) is 58.8 Å². The van der Waals surface area contributed by atoms with Gasteiger partial charge in [0.2, 0.25) is 0 Å². The van der Waals surface area contributed by atoms with E-state index in [0.717, 1.165) is 37.8 Å². The van der Waals surface area contributed by atoms with Crippen molar-refractivity contribution in [3.8, 4) is 0 Å². The lowest BCUT2D eigenvalue weighted by atomic mass is 9.59. The van der Waals surface area contributed by atoms with Crippen molar-refractivity contribution in [3.63, 3.8) is 0 Å². The molecule has 0 aliphatic heterocycles. The number of Topliss-reactive ketones (excluding diaryl/α,β-unsaturated/α-hetero) is 2. The molecule has 0 aromatic carbocycles. The van der Waals surface area contributed by atoms with Crippen molar-refractivity contribution in [1.29, 1.82) is 0 Å². The Hall–Kier alpha value is -3.50. The lowest BCUT2D eigenvalue weighted by Gasteiger charge is -2.49. The van der Waals surface area contributed by atoms with E-state index >= 15 is 0 Å². The number of nitrogens with two attached hydrogens (primary N) is 1. The van der Waals surface area contributed by atoms with E-state index in [-0.39, 0.29) is 18.1 Å². The molecule has 4 rings (SSSR count). The molecule has 0 unspecified atom stereocenters. The van der Waals surface area contributed by atoms with Gasteiger partial charge in [0.1, 0.15) is 28.6 Å². The molecule has 0 bridgehead atoms. The highest BCUT2D eigenvalue weighted by Crippen LogP contribution is 2.52. The minimum Gasteiger partial charge on any atom is -0.508 e. The van der Waals surface area contributed by atoms with Gasteiger partial charge in [0, 0.05) is 42.2 Å². The number of rotatable bonds is 4. The Morgan fingerprint density at radius 1 is 1.06 bits per heavy atom. The average molecular weight is 500 g/mol. The molecule has 4 aliphatic rings. The number of aliphatic hydroxyl groups excluding tert-OH is 4. The van der Waals surface area contributed by atoms with Crippen LogP contribution < -0.4 is 5.73 Å². The van der Waals surface area contributed by atoms with E-state index in [1.807, 2.05) is 0 Å². The van der Waals surface area contributed by atoms with Gasteiger partial charge in [-0.05, 0) is 24.8 Å². The van der Waals surface area contributed by atoms with Crippen molar-refractivity contribution < 1.29 is 44.7 Å². The first-order valence-electron chi connectivity index (χ1n) is 11.9. The highest BCUT2D eigenvalue weighted by atomic mass is 16.4. The standard InChI is InChI=1S/C26H29NO9/c27-25(35)21-18(31)11-15-22(32)19-13(9-16(29)12-5-1-2-6-12)7-3-4-8-14(28)10-17(30)20(19)23(33)26(15,36)24(21)34/h3-4,7-8,10,12-13,15,19,22,30,32-34,36H,1-2,5-6,9,11H2,(H2,27,35)/b7-3+,8-4-,17-10-/t13-,15-,19-,22-,26+/m1/s1. The van der Waals surface area contributed by atoms with Crippen molar-refractivity contribution in [1.82, 2.24) is 0 Å². The minimum absolute atomic E-state index is 0.0620. The molecule has 0 radical (unpaired) electrons. The number of fused-ring (bicyclic) bond motifs is 2. The molecule has 36 heavy (non-hydrogen) atoms. The van der Waals surface area contributed by atoms with Crippen LogP contribution in [-0.4, -0.2) is 60.5 Å². The van der Waals surface area contributed by atoms with Crippen molar-refractivity contribution in [2.45, 2.75) is 50.2 Å². The van der Waals surface area contributed by atoms with Crippen molar-refractivity contribution in [2.75, 3.05) is 0 Å². The molecule has 7 N–H and O–H groups in total. The maximum Gasteiger partial charge on any atom is 0.255 e. The lowest BCUT2D eigenvalue weighted by Crippen LogP contribution is -2.59. The van der Waals surface area contributed by atoms with Crippen molar-refractivity contribution in [2.24, 2.45) is 29.4 Å². The fourth-order valence-corrected chi connectivity index (χ4v) is 5.98. The van der Waals surface area contributed by atoms with Crippen LogP contribution in [0.25, 0.3) is 0 Å². The van der Waals surface area contributed by atoms with Gasteiger partial charge in [-0.1, -0.05) is 31.1 Å². The third-order valence-corrected chi connectivity index (χ3v) is 7.79. The third kappa shape index (κ3) is 4.10. The molecule has 10 heteroatoms. The van der Waals surface area contributed by atoms with Gasteiger partial charge in [-0.3, -0.25) is 19.2 Å².